The summed E-state index contributed by atoms with van der Waals surface area (Å²) in [5.74, 6) is 1.51. The first-order valence-corrected chi connectivity index (χ1v) is 12.2. The summed E-state index contributed by atoms with van der Waals surface area (Å²) in [5, 5.41) is 2.84. The van der Waals surface area contributed by atoms with Gasteiger partial charge in [-0.25, -0.2) is 9.97 Å². The van der Waals surface area contributed by atoms with E-state index in [1.54, 1.807) is 23.7 Å². The SMILES string of the molecule is CCCCCCCCC=C(CCCCCCCC=O)c1ncc(-c2nccs2)o1. The number of oxazole rings is 1. The molecule has 2 heterocycles. The van der Waals surface area contributed by atoms with Crippen molar-refractivity contribution in [2.75, 3.05) is 0 Å². The van der Waals surface area contributed by atoms with Gasteiger partial charge in [0.05, 0.1) is 6.20 Å². The fourth-order valence-corrected chi connectivity index (χ4v) is 4.02. The summed E-state index contributed by atoms with van der Waals surface area (Å²) in [6.45, 7) is 2.26. The average molecular weight is 417 g/mol. The topological polar surface area (TPSA) is 56.0 Å². The molecule has 0 bridgehead atoms. The Morgan fingerprint density at radius 2 is 1.69 bits per heavy atom. The quantitative estimate of drug-likeness (QED) is 0.194. The lowest BCUT2D eigenvalue weighted by Gasteiger charge is -2.05. The molecule has 29 heavy (non-hydrogen) atoms. The Balaban J connectivity index is 1.85. The number of carbonyl (C=O) groups excluding carboxylic acids is 1. The van der Waals surface area contributed by atoms with Crippen molar-refractivity contribution in [1.29, 1.82) is 0 Å². The molecule has 5 heteroatoms. The third-order valence-electron chi connectivity index (χ3n) is 5.14. The standard InChI is InChI=1S/C24H36N2O2S/c1-2-3-4-5-6-9-12-15-21(16-13-10-7-8-11-14-18-27)23-26-20-22(28-23)24-25-17-19-29-24/h15,17-20H,2-14,16H2,1H3. The first-order valence-electron chi connectivity index (χ1n) is 11.3. The molecule has 160 valence electrons. The van der Waals surface area contributed by atoms with Crippen LogP contribution in [0.15, 0.2) is 28.3 Å². The summed E-state index contributed by atoms with van der Waals surface area (Å²) in [6, 6.07) is 0. The number of rotatable bonds is 17. The minimum Gasteiger partial charge on any atom is -0.434 e. The number of allylic oxidation sites excluding steroid dienone is 2. The predicted molar refractivity (Wildman–Crippen MR) is 122 cm³/mol. The highest BCUT2D eigenvalue weighted by Gasteiger charge is 2.12. The number of carbonyl (C=O) groups is 1. The lowest BCUT2D eigenvalue weighted by atomic mass is 10.0. The highest BCUT2D eigenvalue weighted by molar-refractivity contribution is 7.13. The van der Waals surface area contributed by atoms with Crippen LogP contribution in [-0.2, 0) is 4.79 Å². The van der Waals surface area contributed by atoms with Gasteiger partial charge in [0, 0.05) is 23.6 Å². The Hall–Kier alpha value is -1.75. The summed E-state index contributed by atoms with van der Waals surface area (Å²) in [5.41, 5.74) is 1.23. The molecule has 0 radical (unpaired) electrons. The number of thiazole rings is 1. The van der Waals surface area contributed by atoms with E-state index >= 15 is 0 Å². The third-order valence-corrected chi connectivity index (χ3v) is 5.93. The molecule has 0 N–H and O–H groups in total. The van der Waals surface area contributed by atoms with Crippen LogP contribution in [0, 0.1) is 0 Å². The molecular weight excluding hydrogens is 380 g/mol. The molecule has 0 saturated heterocycles. The zero-order chi connectivity index (χ0) is 20.6. The summed E-state index contributed by atoms with van der Waals surface area (Å²) in [6.07, 6.45) is 23.3. The van der Waals surface area contributed by atoms with Crippen LogP contribution < -0.4 is 0 Å². The van der Waals surface area contributed by atoms with E-state index in [1.165, 1.54) is 56.9 Å². The molecule has 2 aromatic rings. The fraction of sp³-hybridized carbons (Fsp3) is 0.625. The smallest absolute Gasteiger partial charge is 0.222 e. The van der Waals surface area contributed by atoms with Crippen molar-refractivity contribution in [3.05, 3.63) is 29.7 Å². The number of nitrogens with zero attached hydrogens (tertiary/aromatic N) is 2. The van der Waals surface area contributed by atoms with E-state index in [4.69, 9.17) is 4.42 Å². The summed E-state index contributed by atoms with van der Waals surface area (Å²) in [4.78, 5) is 19.3. The normalized spacial score (nSPS) is 11.8. The molecular formula is C24H36N2O2S. The minimum atomic E-state index is 0.694. The summed E-state index contributed by atoms with van der Waals surface area (Å²) in [7, 11) is 0. The van der Waals surface area contributed by atoms with E-state index in [9.17, 15) is 4.79 Å². The lowest BCUT2D eigenvalue weighted by molar-refractivity contribution is -0.107. The van der Waals surface area contributed by atoms with Crippen LogP contribution in [-0.4, -0.2) is 16.3 Å². The van der Waals surface area contributed by atoms with E-state index < -0.39 is 0 Å². The Bertz CT molecular complexity index is 692. The highest BCUT2D eigenvalue weighted by atomic mass is 32.1. The van der Waals surface area contributed by atoms with Crippen molar-refractivity contribution >= 4 is 23.2 Å². The number of aldehydes is 1. The molecule has 0 aromatic carbocycles. The van der Waals surface area contributed by atoms with Crippen molar-refractivity contribution in [3.8, 4) is 10.8 Å². The first kappa shape index (κ1) is 23.5. The van der Waals surface area contributed by atoms with Gasteiger partial charge in [0.1, 0.15) is 6.29 Å². The monoisotopic (exact) mass is 416 g/mol. The highest BCUT2D eigenvalue weighted by Crippen LogP contribution is 2.28. The molecule has 0 aliphatic heterocycles. The number of hydrogen-bond acceptors (Lipinski definition) is 5. The molecule has 0 saturated carbocycles. The number of unbranched alkanes of at least 4 members (excludes halogenated alkanes) is 11. The van der Waals surface area contributed by atoms with Gasteiger partial charge in [0.15, 0.2) is 10.8 Å². The van der Waals surface area contributed by atoms with E-state index in [1.807, 2.05) is 5.38 Å². The second kappa shape index (κ2) is 15.1. The fourth-order valence-electron chi connectivity index (χ4n) is 3.44. The molecule has 0 spiro atoms. The maximum absolute atomic E-state index is 10.4. The summed E-state index contributed by atoms with van der Waals surface area (Å²) >= 11 is 1.57. The first-order chi connectivity index (χ1) is 14.3. The Kier molecular flexibility index (Phi) is 12.3. The van der Waals surface area contributed by atoms with E-state index in [0.29, 0.717) is 6.42 Å². The van der Waals surface area contributed by atoms with Gasteiger partial charge in [-0.3, -0.25) is 0 Å². The van der Waals surface area contributed by atoms with Crippen LogP contribution in [0.4, 0.5) is 0 Å². The molecule has 0 aliphatic rings. The third kappa shape index (κ3) is 9.53. The van der Waals surface area contributed by atoms with Gasteiger partial charge in [0.25, 0.3) is 0 Å². The molecule has 2 rings (SSSR count). The largest absolute Gasteiger partial charge is 0.434 e. The Morgan fingerprint density at radius 1 is 0.966 bits per heavy atom. The van der Waals surface area contributed by atoms with Crippen LogP contribution in [0.25, 0.3) is 16.3 Å². The molecule has 2 aromatic heterocycles. The molecule has 0 unspecified atom stereocenters. The molecule has 0 atom stereocenters. The van der Waals surface area contributed by atoms with Crippen molar-refractivity contribution in [2.45, 2.75) is 96.8 Å². The van der Waals surface area contributed by atoms with E-state index in [0.717, 1.165) is 55.0 Å². The van der Waals surface area contributed by atoms with Gasteiger partial charge >= 0.3 is 0 Å². The molecule has 4 nitrogen and oxygen atoms in total. The van der Waals surface area contributed by atoms with Gasteiger partial charge in [-0.1, -0.05) is 64.4 Å². The molecule has 0 fully saturated rings. The van der Waals surface area contributed by atoms with Crippen LogP contribution in [0.2, 0.25) is 0 Å². The van der Waals surface area contributed by atoms with E-state index in [-0.39, 0.29) is 0 Å². The molecule has 0 amide bonds. The van der Waals surface area contributed by atoms with Crippen molar-refractivity contribution in [2.24, 2.45) is 0 Å². The van der Waals surface area contributed by atoms with E-state index in [2.05, 4.69) is 23.0 Å². The van der Waals surface area contributed by atoms with Gasteiger partial charge < -0.3 is 9.21 Å². The van der Waals surface area contributed by atoms with Crippen molar-refractivity contribution in [1.82, 2.24) is 9.97 Å². The second-order valence-corrected chi connectivity index (χ2v) is 8.52. The van der Waals surface area contributed by atoms with Crippen LogP contribution in [0.1, 0.15) is 103 Å². The maximum Gasteiger partial charge on any atom is 0.222 e. The van der Waals surface area contributed by atoms with Crippen LogP contribution >= 0.6 is 11.3 Å². The zero-order valence-electron chi connectivity index (χ0n) is 17.9. The van der Waals surface area contributed by atoms with Gasteiger partial charge in [-0.05, 0) is 32.1 Å². The van der Waals surface area contributed by atoms with Gasteiger partial charge in [-0.2, -0.15) is 0 Å². The minimum absolute atomic E-state index is 0.694. The average Bonchev–Trinajstić information content (AvgIpc) is 3.42. The number of aromatic nitrogens is 2. The second-order valence-electron chi connectivity index (χ2n) is 7.63. The summed E-state index contributed by atoms with van der Waals surface area (Å²) < 4.78 is 6.04. The van der Waals surface area contributed by atoms with Gasteiger partial charge in [0.2, 0.25) is 5.89 Å². The van der Waals surface area contributed by atoms with Crippen LogP contribution in [0.5, 0.6) is 0 Å². The zero-order valence-corrected chi connectivity index (χ0v) is 18.7. The Labute approximate surface area is 179 Å². The predicted octanol–water partition coefficient (Wildman–Crippen LogP) is 7.86. The van der Waals surface area contributed by atoms with Crippen molar-refractivity contribution < 1.29 is 9.21 Å². The Morgan fingerprint density at radius 3 is 2.41 bits per heavy atom. The van der Waals surface area contributed by atoms with Crippen LogP contribution in [0.3, 0.4) is 0 Å². The molecule has 0 aliphatic carbocycles. The van der Waals surface area contributed by atoms with Crippen molar-refractivity contribution in [3.63, 3.8) is 0 Å². The number of hydrogen-bond donors (Lipinski definition) is 0. The maximum atomic E-state index is 10.4. The lowest BCUT2D eigenvalue weighted by Crippen LogP contribution is -1.88. The van der Waals surface area contributed by atoms with Gasteiger partial charge in [-0.15, -0.1) is 11.3 Å².